The van der Waals surface area contributed by atoms with E-state index in [1.54, 1.807) is 12.1 Å². The maximum atomic E-state index is 11.9. The van der Waals surface area contributed by atoms with Gasteiger partial charge in [0.05, 0.1) is 18.4 Å². The molecule has 21 heavy (non-hydrogen) atoms. The number of carbonyl (C=O) groups excluding carboxylic acids is 1. The lowest BCUT2D eigenvalue weighted by molar-refractivity contribution is -0.116. The van der Waals surface area contributed by atoms with E-state index in [0.29, 0.717) is 24.4 Å². The van der Waals surface area contributed by atoms with Gasteiger partial charge in [-0.25, -0.2) is 4.79 Å². The summed E-state index contributed by atoms with van der Waals surface area (Å²) in [5, 5.41) is 11.9. The van der Waals surface area contributed by atoms with Crippen molar-refractivity contribution in [3.05, 3.63) is 23.8 Å². The number of aromatic carboxylic acids is 1. The fourth-order valence-corrected chi connectivity index (χ4v) is 2.41. The summed E-state index contributed by atoms with van der Waals surface area (Å²) in [4.78, 5) is 25.4. The van der Waals surface area contributed by atoms with Crippen molar-refractivity contribution in [2.45, 2.75) is 19.3 Å². The molecule has 1 aromatic rings. The van der Waals surface area contributed by atoms with Gasteiger partial charge in [0.1, 0.15) is 5.75 Å². The second-order valence-electron chi connectivity index (χ2n) is 5.06. The normalized spacial score (nSPS) is 14.9. The van der Waals surface area contributed by atoms with Gasteiger partial charge in [-0.2, -0.15) is 0 Å². The van der Waals surface area contributed by atoms with Crippen LogP contribution in [-0.4, -0.2) is 48.6 Å². The van der Waals surface area contributed by atoms with Gasteiger partial charge in [-0.05, 0) is 44.1 Å². The van der Waals surface area contributed by atoms with Crippen LogP contribution in [0, 0.1) is 0 Å². The monoisotopic (exact) mass is 292 g/mol. The predicted molar refractivity (Wildman–Crippen MR) is 78.9 cm³/mol. The fourth-order valence-electron chi connectivity index (χ4n) is 2.41. The van der Waals surface area contributed by atoms with Crippen molar-refractivity contribution in [1.29, 1.82) is 0 Å². The Morgan fingerprint density at radius 2 is 2.05 bits per heavy atom. The summed E-state index contributed by atoms with van der Waals surface area (Å²) >= 11 is 0. The van der Waals surface area contributed by atoms with Gasteiger partial charge in [-0.15, -0.1) is 0 Å². The summed E-state index contributed by atoms with van der Waals surface area (Å²) in [6.45, 7) is 2.79. The van der Waals surface area contributed by atoms with Crippen LogP contribution in [0.1, 0.15) is 29.6 Å². The second-order valence-corrected chi connectivity index (χ2v) is 5.06. The minimum Gasteiger partial charge on any atom is -0.497 e. The molecule has 1 amide bonds. The predicted octanol–water partition coefficient (Wildman–Crippen LogP) is 1.82. The summed E-state index contributed by atoms with van der Waals surface area (Å²) in [7, 11) is 1.47. The molecule has 2 rings (SSSR count). The number of nitrogens with zero attached hydrogens (tertiary/aromatic N) is 1. The molecular formula is C15H20N2O4. The molecule has 0 bridgehead atoms. The number of amides is 1. The number of benzene rings is 1. The number of hydrogen-bond acceptors (Lipinski definition) is 4. The second kappa shape index (κ2) is 7.08. The smallest absolute Gasteiger partial charge is 0.337 e. The van der Waals surface area contributed by atoms with E-state index in [1.165, 1.54) is 26.0 Å². The van der Waals surface area contributed by atoms with Gasteiger partial charge in [0, 0.05) is 13.0 Å². The molecular weight excluding hydrogens is 272 g/mol. The van der Waals surface area contributed by atoms with Crippen molar-refractivity contribution >= 4 is 17.6 Å². The van der Waals surface area contributed by atoms with E-state index in [0.717, 1.165) is 13.1 Å². The fraction of sp³-hybridized carbons (Fsp3) is 0.467. The quantitative estimate of drug-likeness (QED) is 0.836. The third-order valence-corrected chi connectivity index (χ3v) is 3.59. The molecule has 114 valence electrons. The first-order valence-corrected chi connectivity index (χ1v) is 7.03. The topological polar surface area (TPSA) is 78.9 Å². The lowest BCUT2D eigenvalue weighted by atomic mass is 10.1. The molecule has 1 saturated heterocycles. The highest BCUT2D eigenvalue weighted by atomic mass is 16.5. The van der Waals surface area contributed by atoms with Crippen LogP contribution < -0.4 is 10.1 Å². The summed E-state index contributed by atoms with van der Waals surface area (Å²) in [5.74, 6) is -0.819. The molecule has 2 N–H and O–H groups in total. The Balaban J connectivity index is 1.97. The van der Waals surface area contributed by atoms with Crippen LogP contribution in [0.5, 0.6) is 5.75 Å². The molecule has 1 aliphatic heterocycles. The Hall–Kier alpha value is -2.08. The molecule has 1 fully saturated rings. The number of likely N-dealkylation sites (tertiary alicyclic amines) is 1. The lowest BCUT2D eigenvalue weighted by Crippen LogP contribution is -2.25. The Morgan fingerprint density at radius 3 is 2.67 bits per heavy atom. The Labute approximate surface area is 123 Å². The molecule has 0 saturated carbocycles. The number of ether oxygens (including phenoxy) is 1. The molecule has 0 aromatic heterocycles. The van der Waals surface area contributed by atoms with E-state index in [1.807, 2.05) is 0 Å². The van der Waals surface area contributed by atoms with Crippen molar-refractivity contribution in [2.75, 3.05) is 32.1 Å². The zero-order valence-electron chi connectivity index (χ0n) is 12.1. The Morgan fingerprint density at radius 1 is 1.33 bits per heavy atom. The number of hydrogen-bond donors (Lipinski definition) is 2. The van der Waals surface area contributed by atoms with Crippen LogP contribution in [-0.2, 0) is 4.79 Å². The van der Waals surface area contributed by atoms with Gasteiger partial charge < -0.3 is 20.1 Å². The van der Waals surface area contributed by atoms with Gasteiger partial charge in [0.25, 0.3) is 0 Å². The number of methoxy groups -OCH3 is 1. The summed E-state index contributed by atoms with van der Waals surface area (Å²) in [5.41, 5.74) is 0.332. The molecule has 6 heteroatoms. The average molecular weight is 292 g/mol. The van der Waals surface area contributed by atoms with Crippen LogP contribution in [0.25, 0.3) is 0 Å². The highest BCUT2D eigenvalue weighted by Crippen LogP contribution is 2.22. The number of anilines is 1. The summed E-state index contributed by atoms with van der Waals surface area (Å²) < 4.78 is 5.00. The Kier molecular flexibility index (Phi) is 5.16. The summed E-state index contributed by atoms with van der Waals surface area (Å²) in [6, 6.07) is 4.58. The first-order valence-electron chi connectivity index (χ1n) is 7.03. The highest BCUT2D eigenvalue weighted by molar-refractivity contribution is 6.00. The highest BCUT2D eigenvalue weighted by Gasteiger charge is 2.16. The number of carboxylic acids is 1. The molecule has 1 aromatic carbocycles. The molecule has 1 heterocycles. The van der Waals surface area contributed by atoms with Gasteiger partial charge in [0.15, 0.2) is 0 Å². The van der Waals surface area contributed by atoms with Crippen LogP contribution in [0.4, 0.5) is 5.69 Å². The third kappa shape index (κ3) is 4.19. The van der Waals surface area contributed by atoms with Gasteiger partial charge >= 0.3 is 5.97 Å². The molecule has 6 nitrogen and oxygen atoms in total. The SMILES string of the molecule is COc1ccc(NC(=O)CCN2CCCC2)c(C(=O)O)c1. The lowest BCUT2D eigenvalue weighted by Gasteiger charge is -2.14. The number of carboxylic acid groups (broad SMARTS) is 1. The standard InChI is InChI=1S/C15H20N2O4/c1-21-11-4-5-13(12(10-11)15(19)20)16-14(18)6-9-17-7-2-3-8-17/h4-5,10H,2-3,6-9H2,1H3,(H,16,18)(H,19,20). The molecule has 0 radical (unpaired) electrons. The van der Waals surface area contributed by atoms with Crippen LogP contribution in [0.3, 0.4) is 0 Å². The minimum atomic E-state index is -1.09. The largest absolute Gasteiger partial charge is 0.497 e. The van der Waals surface area contributed by atoms with E-state index >= 15 is 0 Å². The molecule has 0 atom stereocenters. The van der Waals surface area contributed by atoms with Crippen LogP contribution in [0.2, 0.25) is 0 Å². The average Bonchev–Trinajstić information content (AvgIpc) is 2.98. The van der Waals surface area contributed by atoms with Crippen molar-refractivity contribution in [2.24, 2.45) is 0 Å². The van der Waals surface area contributed by atoms with E-state index < -0.39 is 5.97 Å². The maximum Gasteiger partial charge on any atom is 0.337 e. The Bertz CT molecular complexity index is 524. The molecule has 1 aliphatic rings. The van der Waals surface area contributed by atoms with Crippen molar-refractivity contribution in [1.82, 2.24) is 4.90 Å². The van der Waals surface area contributed by atoms with Gasteiger partial charge in [-0.1, -0.05) is 0 Å². The number of rotatable bonds is 6. The van der Waals surface area contributed by atoms with E-state index in [4.69, 9.17) is 4.74 Å². The maximum absolute atomic E-state index is 11.9. The zero-order chi connectivity index (χ0) is 15.2. The third-order valence-electron chi connectivity index (χ3n) is 3.59. The zero-order valence-corrected chi connectivity index (χ0v) is 12.1. The number of carbonyl (C=O) groups is 2. The number of nitrogens with one attached hydrogen (secondary N) is 1. The first kappa shape index (κ1) is 15.3. The van der Waals surface area contributed by atoms with Crippen molar-refractivity contribution in [3.8, 4) is 5.75 Å². The van der Waals surface area contributed by atoms with E-state index in [2.05, 4.69) is 10.2 Å². The van der Waals surface area contributed by atoms with E-state index in [-0.39, 0.29) is 11.5 Å². The van der Waals surface area contributed by atoms with Gasteiger partial charge in [0.2, 0.25) is 5.91 Å². The first-order chi connectivity index (χ1) is 10.1. The van der Waals surface area contributed by atoms with Gasteiger partial charge in [-0.3, -0.25) is 4.79 Å². The van der Waals surface area contributed by atoms with Crippen molar-refractivity contribution in [3.63, 3.8) is 0 Å². The minimum absolute atomic E-state index is 0.0314. The van der Waals surface area contributed by atoms with Crippen molar-refractivity contribution < 1.29 is 19.4 Å². The summed E-state index contributed by atoms with van der Waals surface area (Å²) in [6.07, 6.45) is 2.73. The van der Waals surface area contributed by atoms with Crippen LogP contribution >= 0.6 is 0 Å². The van der Waals surface area contributed by atoms with E-state index in [9.17, 15) is 14.7 Å². The molecule has 0 unspecified atom stereocenters. The molecule has 0 spiro atoms. The molecule has 0 aliphatic carbocycles. The van der Waals surface area contributed by atoms with Crippen LogP contribution in [0.15, 0.2) is 18.2 Å².